The summed E-state index contributed by atoms with van der Waals surface area (Å²) in [5.74, 6) is -0.163. The molecule has 5 rings (SSSR count). The summed E-state index contributed by atoms with van der Waals surface area (Å²) in [5.41, 5.74) is 1.70. The third-order valence-corrected chi connectivity index (χ3v) is 7.38. The molecule has 0 bridgehead atoms. The van der Waals surface area contributed by atoms with Crippen LogP contribution >= 0.6 is 11.3 Å². The van der Waals surface area contributed by atoms with E-state index in [0.717, 1.165) is 41.9 Å². The zero-order valence-electron chi connectivity index (χ0n) is 18.7. The van der Waals surface area contributed by atoms with Crippen LogP contribution in [0.15, 0.2) is 48.0 Å². The van der Waals surface area contributed by atoms with Crippen molar-refractivity contribution in [1.82, 2.24) is 25.4 Å². The topological polar surface area (TPSA) is 100 Å². The number of hydrogen-bond acceptors (Lipinski definition) is 6. The second-order valence-electron chi connectivity index (χ2n) is 9.18. The van der Waals surface area contributed by atoms with Crippen LogP contribution in [0.3, 0.4) is 0 Å². The fourth-order valence-corrected chi connectivity index (χ4v) is 5.74. The Balaban J connectivity index is 1.22. The van der Waals surface area contributed by atoms with Crippen molar-refractivity contribution in [1.29, 1.82) is 0 Å². The summed E-state index contributed by atoms with van der Waals surface area (Å²) in [6.45, 7) is 3.94. The van der Waals surface area contributed by atoms with E-state index in [1.807, 2.05) is 43.0 Å². The van der Waals surface area contributed by atoms with Gasteiger partial charge in [-0.3, -0.25) is 14.8 Å². The van der Waals surface area contributed by atoms with Gasteiger partial charge in [0.1, 0.15) is 16.3 Å². The smallest absolute Gasteiger partial charge is 0.411 e. The molecule has 2 aromatic heterocycles. The number of nitrogens with zero attached hydrogens (tertiary/aromatic N) is 3. The molecule has 172 valence electrons. The minimum Gasteiger partial charge on any atom is -0.441 e. The van der Waals surface area contributed by atoms with E-state index in [1.165, 1.54) is 11.3 Å². The molecule has 2 amide bonds. The number of thiazole rings is 1. The van der Waals surface area contributed by atoms with Crippen molar-refractivity contribution >= 4 is 23.3 Å². The number of carbonyl (C=O) groups is 2. The Bertz CT molecular complexity index is 1120. The van der Waals surface area contributed by atoms with E-state index < -0.39 is 5.60 Å². The number of ether oxygens (including phenoxy) is 1. The summed E-state index contributed by atoms with van der Waals surface area (Å²) in [7, 11) is 0. The van der Waals surface area contributed by atoms with Crippen LogP contribution in [-0.4, -0.2) is 49.8 Å². The largest absolute Gasteiger partial charge is 0.441 e. The molecule has 1 aliphatic carbocycles. The summed E-state index contributed by atoms with van der Waals surface area (Å²) in [6, 6.07) is 11.9. The van der Waals surface area contributed by atoms with Crippen LogP contribution in [0, 0.1) is 0 Å². The SMILES string of the molecule is CC1(C)OC(=O)N([C@H]2CC[C@H](NC(=O)c3csc(-c4ccn[nH]4)n3)CC2)[C@H]1c1ccccc1. The van der Waals surface area contributed by atoms with E-state index in [2.05, 4.69) is 32.6 Å². The number of benzene rings is 1. The molecule has 0 unspecified atom stereocenters. The maximum atomic E-state index is 12.8. The average Bonchev–Trinajstić information content (AvgIpc) is 3.53. The van der Waals surface area contributed by atoms with Gasteiger partial charge in [0, 0.05) is 23.7 Å². The minimum absolute atomic E-state index is 0.0628. The Labute approximate surface area is 196 Å². The van der Waals surface area contributed by atoms with Crippen LogP contribution in [-0.2, 0) is 4.74 Å². The van der Waals surface area contributed by atoms with Gasteiger partial charge in [-0.1, -0.05) is 30.3 Å². The van der Waals surface area contributed by atoms with Gasteiger partial charge < -0.3 is 10.1 Å². The van der Waals surface area contributed by atoms with Crippen molar-refractivity contribution in [3.05, 3.63) is 59.2 Å². The molecule has 1 saturated carbocycles. The number of aromatic nitrogens is 3. The first kappa shape index (κ1) is 21.6. The van der Waals surface area contributed by atoms with Crippen molar-refractivity contribution in [3.8, 4) is 10.7 Å². The zero-order chi connectivity index (χ0) is 23.0. The molecule has 8 nitrogen and oxygen atoms in total. The molecular weight excluding hydrogens is 438 g/mol. The van der Waals surface area contributed by atoms with E-state index in [1.54, 1.807) is 11.6 Å². The highest BCUT2D eigenvalue weighted by Gasteiger charge is 2.51. The zero-order valence-corrected chi connectivity index (χ0v) is 19.5. The average molecular weight is 466 g/mol. The normalized spacial score (nSPS) is 24.5. The fourth-order valence-electron chi connectivity index (χ4n) is 4.97. The molecule has 1 saturated heterocycles. The second kappa shape index (κ2) is 8.62. The molecule has 0 radical (unpaired) electrons. The standard InChI is InChI=1S/C24H27N5O3S/c1-24(2)20(15-6-4-3-5-7-15)29(23(31)32-24)17-10-8-16(9-11-17)26-21(30)19-14-33-22(27-19)18-12-13-25-28-18/h3-7,12-14,16-17,20H,8-11H2,1-2H3,(H,25,28)(H,26,30)/t16-,17-,20-/m0/s1. The molecule has 0 spiro atoms. The van der Waals surface area contributed by atoms with Gasteiger partial charge >= 0.3 is 6.09 Å². The number of rotatable bonds is 5. The molecule has 1 aromatic carbocycles. The summed E-state index contributed by atoms with van der Waals surface area (Å²) < 4.78 is 5.77. The van der Waals surface area contributed by atoms with Crippen molar-refractivity contribution in [2.45, 2.75) is 63.3 Å². The maximum Gasteiger partial charge on any atom is 0.411 e. The Morgan fingerprint density at radius 1 is 1.18 bits per heavy atom. The first-order chi connectivity index (χ1) is 15.9. The van der Waals surface area contributed by atoms with Crippen LogP contribution in [0.25, 0.3) is 10.7 Å². The molecule has 1 aliphatic heterocycles. The molecule has 2 N–H and O–H groups in total. The van der Waals surface area contributed by atoms with Crippen LogP contribution in [0.2, 0.25) is 0 Å². The minimum atomic E-state index is -0.597. The van der Waals surface area contributed by atoms with Crippen molar-refractivity contribution in [2.75, 3.05) is 0 Å². The number of nitrogens with one attached hydrogen (secondary N) is 2. The Morgan fingerprint density at radius 2 is 1.94 bits per heavy atom. The first-order valence-electron chi connectivity index (χ1n) is 11.2. The number of carbonyl (C=O) groups excluding carboxylic acids is 2. The molecule has 3 aromatic rings. The highest BCUT2D eigenvalue weighted by atomic mass is 32.1. The highest BCUT2D eigenvalue weighted by molar-refractivity contribution is 7.13. The first-order valence-corrected chi connectivity index (χ1v) is 12.1. The molecule has 3 heterocycles. The summed E-state index contributed by atoms with van der Waals surface area (Å²) in [5, 5.41) is 12.4. The van der Waals surface area contributed by atoms with E-state index >= 15 is 0 Å². The summed E-state index contributed by atoms with van der Waals surface area (Å²) >= 11 is 1.41. The Kier molecular flexibility index (Phi) is 5.65. The lowest BCUT2D eigenvalue weighted by atomic mass is 9.86. The lowest BCUT2D eigenvalue weighted by Crippen LogP contribution is -2.46. The third-order valence-electron chi connectivity index (χ3n) is 6.51. The van der Waals surface area contributed by atoms with Crippen molar-refractivity contribution in [3.63, 3.8) is 0 Å². The highest BCUT2D eigenvalue weighted by Crippen LogP contribution is 2.44. The summed E-state index contributed by atoms with van der Waals surface area (Å²) in [6.07, 6.45) is 4.65. The van der Waals surface area contributed by atoms with Crippen LogP contribution in [0.5, 0.6) is 0 Å². The van der Waals surface area contributed by atoms with Gasteiger partial charge in [-0.05, 0) is 51.2 Å². The lowest BCUT2D eigenvalue weighted by molar-refractivity contribution is 0.0663. The van der Waals surface area contributed by atoms with Gasteiger partial charge in [0.05, 0.1) is 11.7 Å². The van der Waals surface area contributed by atoms with Gasteiger partial charge in [-0.2, -0.15) is 5.10 Å². The van der Waals surface area contributed by atoms with E-state index in [-0.39, 0.29) is 30.1 Å². The van der Waals surface area contributed by atoms with Crippen LogP contribution in [0.4, 0.5) is 4.79 Å². The monoisotopic (exact) mass is 465 g/mol. The van der Waals surface area contributed by atoms with Gasteiger partial charge in [0.15, 0.2) is 0 Å². The lowest BCUT2D eigenvalue weighted by Gasteiger charge is -2.38. The summed E-state index contributed by atoms with van der Waals surface area (Å²) in [4.78, 5) is 31.9. The van der Waals surface area contributed by atoms with Gasteiger partial charge in [-0.15, -0.1) is 11.3 Å². The number of H-pyrrole nitrogens is 1. The number of aromatic amines is 1. The second-order valence-corrected chi connectivity index (χ2v) is 10.0. The Morgan fingerprint density at radius 3 is 2.64 bits per heavy atom. The maximum absolute atomic E-state index is 12.8. The van der Waals surface area contributed by atoms with Crippen LogP contribution in [0.1, 0.15) is 61.6 Å². The number of amides is 2. The number of hydrogen-bond donors (Lipinski definition) is 2. The van der Waals surface area contributed by atoms with E-state index in [4.69, 9.17) is 4.74 Å². The van der Waals surface area contributed by atoms with Crippen molar-refractivity contribution < 1.29 is 14.3 Å². The van der Waals surface area contributed by atoms with E-state index in [0.29, 0.717) is 5.69 Å². The predicted octanol–water partition coefficient (Wildman–Crippen LogP) is 4.55. The van der Waals surface area contributed by atoms with Gasteiger partial charge in [0.25, 0.3) is 5.91 Å². The molecule has 2 aliphatic rings. The van der Waals surface area contributed by atoms with Crippen molar-refractivity contribution in [2.24, 2.45) is 0 Å². The molecule has 2 fully saturated rings. The molecule has 1 atom stereocenters. The number of cyclic esters (lactones) is 1. The van der Waals surface area contributed by atoms with Crippen LogP contribution < -0.4 is 5.32 Å². The molecular formula is C24H27N5O3S. The Hall–Kier alpha value is -3.20. The third kappa shape index (κ3) is 4.25. The van der Waals surface area contributed by atoms with Gasteiger partial charge in [0.2, 0.25) is 0 Å². The van der Waals surface area contributed by atoms with Gasteiger partial charge in [-0.25, -0.2) is 9.78 Å². The quantitative estimate of drug-likeness (QED) is 0.576. The van der Waals surface area contributed by atoms with E-state index in [9.17, 15) is 9.59 Å². The fraction of sp³-hybridized carbons (Fsp3) is 0.417. The molecule has 9 heteroatoms. The predicted molar refractivity (Wildman–Crippen MR) is 125 cm³/mol. The molecule has 33 heavy (non-hydrogen) atoms.